The molecule has 0 saturated heterocycles. The monoisotopic (exact) mass is 324 g/mol. The number of carbonyl (C=O) groups is 1. The molecule has 0 atom stereocenters. The van der Waals surface area contributed by atoms with Crippen molar-refractivity contribution in [2.45, 2.75) is 45.1 Å². The standard InChI is InChI=1S/C19H24N4O/c1-19(2,3)13-4-6-14(7-5-13)21-16-10-11-17(20-12-16)23-18(24)22-15-8-9-15/h4-7,10-12,15,21H,8-9H2,1-3H3,(H2,20,22,23,24). The highest BCUT2D eigenvalue weighted by molar-refractivity contribution is 5.88. The minimum Gasteiger partial charge on any atom is -0.354 e. The molecule has 1 aromatic carbocycles. The van der Waals surface area contributed by atoms with E-state index in [4.69, 9.17) is 0 Å². The number of pyridine rings is 1. The number of rotatable bonds is 4. The van der Waals surface area contributed by atoms with Crippen LogP contribution in [0.3, 0.4) is 0 Å². The van der Waals surface area contributed by atoms with Gasteiger partial charge >= 0.3 is 6.03 Å². The molecule has 1 aliphatic carbocycles. The Bertz CT molecular complexity index is 698. The fourth-order valence-corrected chi connectivity index (χ4v) is 2.33. The van der Waals surface area contributed by atoms with E-state index in [1.54, 1.807) is 12.3 Å². The SMILES string of the molecule is CC(C)(C)c1ccc(Nc2ccc(NC(=O)NC3CC3)nc2)cc1. The van der Waals surface area contributed by atoms with E-state index in [9.17, 15) is 4.79 Å². The van der Waals surface area contributed by atoms with E-state index < -0.39 is 0 Å². The van der Waals surface area contributed by atoms with Crippen LogP contribution in [0.5, 0.6) is 0 Å². The van der Waals surface area contributed by atoms with Crippen molar-refractivity contribution in [2.75, 3.05) is 10.6 Å². The van der Waals surface area contributed by atoms with Crippen LogP contribution in [-0.4, -0.2) is 17.1 Å². The Morgan fingerprint density at radius 2 is 1.71 bits per heavy atom. The van der Waals surface area contributed by atoms with Crippen molar-refractivity contribution in [3.63, 3.8) is 0 Å². The lowest BCUT2D eigenvalue weighted by atomic mass is 9.87. The topological polar surface area (TPSA) is 66.0 Å². The zero-order valence-electron chi connectivity index (χ0n) is 14.4. The predicted octanol–water partition coefficient (Wildman–Crippen LogP) is 4.41. The summed E-state index contributed by atoms with van der Waals surface area (Å²) in [6.45, 7) is 6.60. The van der Waals surface area contributed by atoms with Gasteiger partial charge in [-0.15, -0.1) is 0 Å². The average molecular weight is 324 g/mol. The van der Waals surface area contributed by atoms with Crippen LogP contribution in [0.15, 0.2) is 42.6 Å². The van der Waals surface area contributed by atoms with Crippen molar-refractivity contribution in [3.8, 4) is 0 Å². The fourth-order valence-electron chi connectivity index (χ4n) is 2.33. The molecule has 5 heteroatoms. The van der Waals surface area contributed by atoms with Crippen molar-refractivity contribution in [3.05, 3.63) is 48.2 Å². The molecule has 126 valence electrons. The summed E-state index contributed by atoms with van der Waals surface area (Å²) in [7, 11) is 0. The van der Waals surface area contributed by atoms with Gasteiger partial charge < -0.3 is 10.6 Å². The number of aromatic nitrogens is 1. The van der Waals surface area contributed by atoms with Gasteiger partial charge in [0.25, 0.3) is 0 Å². The van der Waals surface area contributed by atoms with Crippen LogP contribution in [0, 0.1) is 0 Å². The predicted molar refractivity (Wildman–Crippen MR) is 97.8 cm³/mol. The fraction of sp³-hybridized carbons (Fsp3) is 0.368. The second-order valence-electron chi connectivity index (χ2n) is 7.26. The third kappa shape index (κ3) is 4.47. The van der Waals surface area contributed by atoms with Gasteiger partial charge in [0.15, 0.2) is 0 Å². The van der Waals surface area contributed by atoms with Crippen LogP contribution in [-0.2, 0) is 5.41 Å². The van der Waals surface area contributed by atoms with Gasteiger partial charge in [-0.25, -0.2) is 9.78 Å². The smallest absolute Gasteiger partial charge is 0.320 e. The number of nitrogens with one attached hydrogen (secondary N) is 3. The van der Waals surface area contributed by atoms with Crippen LogP contribution in [0.2, 0.25) is 0 Å². The molecule has 1 saturated carbocycles. The Morgan fingerprint density at radius 1 is 1.04 bits per heavy atom. The maximum Gasteiger partial charge on any atom is 0.320 e. The van der Waals surface area contributed by atoms with Gasteiger partial charge in [0.05, 0.1) is 11.9 Å². The van der Waals surface area contributed by atoms with Crippen molar-refractivity contribution < 1.29 is 4.79 Å². The summed E-state index contributed by atoms with van der Waals surface area (Å²) in [6, 6.07) is 12.2. The molecule has 3 rings (SSSR count). The molecule has 5 nitrogen and oxygen atoms in total. The number of nitrogens with zero attached hydrogens (tertiary/aromatic N) is 1. The third-order valence-electron chi connectivity index (χ3n) is 3.96. The number of hydrogen-bond donors (Lipinski definition) is 3. The van der Waals surface area contributed by atoms with Crippen LogP contribution in [0.4, 0.5) is 22.0 Å². The molecule has 1 fully saturated rings. The Labute approximate surface area is 142 Å². The van der Waals surface area contributed by atoms with Gasteiger partial charge in [-0.3, -0.25) is 5.32 Å². The quantitative estimate of drug-likeness (QED) is 0.780. The Morgan fingerprint density at radius 3 is 2.25 bits per heavy atom. The van der Waals surface area contributed by atoms with Crippen LogP contribution in [0.1, 0.15) is 39.2 Å². The average Bonchev–Trinajstić information content (AvgIpc) is 3.33. The highest BCUT2D eigenvalue weighted by atomic mass is 16.2. The molecule has 1 heterocycles. The summed E-state index contributed by atoms with van der Waals surface area (Å²) < 4.78 is 0. The first kappa shape index (κ1) is 16.3. The number of anilines is 3. The molecule has 24 heavy (non-hydrogen) atoms. The molecule has 0 bridgehead atoms. The number of urea groups is 1. The van der Waals surface area contributed by atoms with Crippen molar-refractivity contribution >= 4 is 23.2 Å². The molecular formula is C19H24N4O. The molecule has 2 amide bonds. The maximum absolute atomic E-state index is 11.7. The van der Waals surface area contributed by atoms with Gasteiger partial charge in [0.2, 0.25) is 0 Å². The summed E-state index contributed by atoms with van der Waals surface area (Å²) in [6.07, 6.45) is 3.85. The minimum atomic E-state index is -0.191. The van der Waals surface area contributed by atoms with E-state index >= 15 is 0 Å². The molecule has 1 aromatic heterocycles. The van der Waals surface area contributed by atoms with Crippen LogP contribution in [0.25, 0.3) is 0 Å². The third-order valence-corrected chi connectivity index (χ3v) is 3.96. The number of hydrogen-bond acceptors (Lipinski definition) is 3. The van der Waals surface area contributed by atoms with E-state index in [0.29, 0.717) is 11.9 Å². The lowest BCUT2D eigenvalue weighted by Gasteiger charge is -2.19. The molecular weight excluding hydrogens is 300 g/mol. The minimum absolute atomic E-state index is 0.147. The van der Waals surface area contributed by atoms with E-state index in [1.165, 1.54) is 5.56 Å². The number of amides is 2. The summed E-state index contributed by atoms with van der Waals surface area (Å²) in [5.74, 6) is 0.543. The molecule has 1 aliphatic rings. The Kier molecular flexibility index (Phi) is 4.42. The van der Waals surface area contributed by atoms with Gasteiger partial charge in [0.1, 0.15) is 5.82 Å². The van der Waals surface area contributed by atoms with Gasteiger partial charge in [-0.2, -0.15) is 0 Å². The van der Waals surface area contributed by atoms with E-state index in [1.807, 2.05) is 6.07 Å². The first-order valence-electron chi connectivity index (χ1n) is 8.31. The lowest BCUT2D eigenvalue weighted by molar-refractivity contribution is 0.251. The highest BCUT2D eigenvalue weighted by Gasteiger charge is 2.23. The van der Waals surface area contributed by atoms with Gasteiger partial charge in [-0.05, 0) is 48.1 Å². The van der Waals surface area contributed by atoms with Crippen molar-refractivity contribution in [2.24, 2.45) is 0 Å². The van der Waals surface area contributed by atoms with Crippen molar-refractivity contribution in [1.82, 2.24) is 10.3 Å². The van der Waals surface area contributed by atoms with E-state index in [-0.39, 0.29) is 11.4 Å². The summed E-state index contributed by atoms with van der Waals surface area (Å²) in [5.41, 5.74) is 3.34. The first-order chi connectivity index (χ1) is 11.4. The maximum atomic E-state index is 11.7. The van der Waals surface area contributed by atoms with E-state index in [0.717, 1.165) is 24.2 Å². The normalized spacial score (nSPS) is 14.1. The summed E-state index contributed by atoms with van der Waals surface area (Å²) in [5, 5.41) is 8.92. The number of carbonyl (C=O) groups excluding carboxylic acids is 1. The molecule has 3 N–H and O–H groups in total. The van der Waals surface area contributed by atoms with E-state index in [2.05, 4.69) is 66.0 Å². The Balaban J connectivity index is 1.58. The van der Waals surface area contributed by atoms with Gasteiger partial charge in [0, 0.05) is 11.7 Å². The summed E-state index contributed by atoms with van der Waals surface area (Å²) in [4.78, 5) is 15.9. The lowest BCUT2D eigenvalue weighted by Crippen LogP contribution is -2.30. The van der Waals surface area contributed by atoms with Crippen molar-refractivity contribution in [1.29, 1.82) is 0 Å². The molecule has 0 spiro atoms. The first-order valence-corrected chi connectivity index (χ1v) is 8.31. The molecule has 2 aromatic rings. The van der Waals surface area contributed by atoms with Gasteiger partial charge in [-0.1, -0.05) is 32.9 Å². The zero-order valence-corrected chi connectivity index (χ0v) is 14.4. The van der Waals surface area contributed by atoms with Crippen LogP contribution >= 0.6 is 0 Å². The second-order valence-corrected chi connectivity index (χ2v) is 7.26. The number of benzene rings is 1. The highest BCUT2D eigenvalue weighted by Crippen LogP contribution is 2.25. The summed E-state index contributed by atoms with van der Waals surface area (Å²) >= 11 is 0. The molecule has 0 radical (unpaired) electrons. The zero-order chi connectivity index (χ0) is 17.2. The molecule has 0 aliphatic heterocycles. The van der Waals surface area contributed by atoms with Crippen LogP contribution < -0.4 is 16.0 Å². The Hall–Kier alpha value is -2.56. The largest absolute Gasteiger partial charge is 0.354 e. The molecule has 0 unspecified atom stereocenters. The second kappa shape index (κ2) is 6.51.